The highest BCUT2D eigenvalue weighted by Gasteiger charge is 2.37. The first kappa shape index (κ1) is 25.3. The zero-order valence-electron chi connectivity index (χ0n) is 21.2. The summed E-state index contributed by atoms with van der Waals surface area (Å²) < 4.78 is 5.67. The molecule has 1 aromatic carbocycles. The van der Waals surface area contributed by atoms with Crippen LogP contribution in [-0.4, -0.2) is 68.3 Å². The van der Waals surface area contributed by atoms with Crippen molar-refractivity contribution < 1.29 is 14.3 Å². The Morgan fingerprint density at radius 2 is 1.89 bits per heavy atom. The molecule has 0 bridgehead atoms. The third kappa shape index (κ3) is 6.66. The average molecular weight is 483 g/mol. The number of carbonyl (C=O) groups is 2. The van der Waals surface area contributed by atoms with E-state index in [1.54, 1.807) is 0 Å². The molecule has 35 heavy (non-hydrogen) atoms. The monoisotopic (exact) mass is 482 g/mol. The summed E-state index contributed by atoms with van der Waals surface area (Å²) in [4.78, 5) is 30.2. The third-order valence-electron chi connectivity index (χ3n) is 6.91. The van der Waals surface area contributed by atoms with Crippen LogP contribution in [0.1, 0.15) is 64.4 Å². The molecule has 2 atom stereocenters. The summed E-state index contributed by atoms with van der Waals surface area (Å²) in [5.41, 5.74) is 2.01. The lowest BCUT2D eigenvalue weighted by molar-refractivity contribution is -0.144. The maximum absolute atomic E-state index is 13.7. The van der Waals surface area contributed by atoms with Gasteiger partial charge < -0.3 is 15.0 Å². The fourth-order valence-electron chi connectivity index (χ4n) is 5.08. The molecule has 0 unspecified atom stereocenters. The summed E-state index contributed by atoms with van der Waals surface area (Å²) in [5.74, 6) is 0.519. The van der Waals surface area contributed by atoms with Gasteiger partial charge in [-0.3, -0.25) is 9.59 Å². The first-order chi connectivity index (χ1) is 16.9. The summed E-state index contributed by atoms with van der Waals surface area (Å²) >= 11 is 0. The SMILES string of the molecule is Cc1ccc(-c2nnn(CC(=O)N(C3CCCC3)[C@@H](CC(C)C)C(=O)NC[C@H]3CCCO3)n2)cc1. The number of nitrogens with zero attached hydrogens (tertiary/aromatic N) is 5. The lowest BCUT2D eigenvalue weighted by Gasteiger charge is -2.36. The number of aryl methyl sites for hydroxylation is 1. The Morgan fingerprint density at radius 1 is 1.14 bits per heavy atom. The van der Waals surface area contributed by atoms with Gasteiger partial charge >= 0.3 is 0 Å². The Labute approximate surface area is 207 Å². The molecular weight excluding hydrogens is 444 g/mol. The number of benzene rings is 1. The fraction of sp³-hybridized carbons (Fsp3) is 0.654. The van der Waals surface area contributed by atoms with E-state index in [0.29, 0.717) is 18.8 Å². The molecule has 2 amide bonds. The number of rotatable bonds is 10. The predicted molar refractivity (Wildman–Crippen MR) is 132 cm³/mol. The second kappa shape index (κ2) is 11.7. The number of ether oxygens (including phenoxy) is 1. The Bertz CT molecular complexity index is 977. The summed E-state index contributed by atoms with van der Waals surface area (Å²) in [6.07, 6.45) is 6.63. The molecule has 0 spiro atoms. The first-order valence-electron chi connectivity index (χ1n) is 13.0. The van der Waals surface area contributed by atoms with Crippen molar-refractivity contribution in [3.63, 3.8) is 0 Å². The minimum absolute atomic E-state index is 0.0387. The number of aromatic nitrogens is 4. The fourth-order valence-corrected chi connectivity index (χ4v) is 5.08. The van der Waals surface area contributed by atoms with Crippen molar-refractivity contribution in [2.45, 2.75) is 90.4 Å². The minimum atomic E-state index is -0.521. The van der Waals surface area contributed by atoms with Crippen LogP contribution in [0, 0.1) is 12.8 Å². The van der Waals surface area contributed by atoms with Crippen molar-refractivity contribution in [1.29, 1.82) is 0 Å². The normalized spacial score (nSPS) is 19.3. The van der Waals surface area contributed by atoms with Gasteiger partial charge in [-0.2, -0.15) is 4.80 Å². The molecular formula is C26H38N6O3. The van der Waals surface area contributed by atoms with Crippen molar-refractivity contribution in [1.82, 2.24) is 30.4 Å². The van der Waals surface area contributed by atoms with E-state index >= 15 is 0 Å². The van der Waals surface area contributed by atoms with Crippen LogP contribution in [0.15, 0.2) is 24.3 Å². The van der Waals surface area contributed by atoms with Crippen molar-refractivity contribution in [2.24, 2.45) is 5.92 Å². The smallest absolute Gasteiger partial charge is 0.247 e. The van der Waals surface area contributed by atoms with Crippen molar-refractivity contribution in [3.8, 4) is 11.4 Å². The Hall–Kier alpha value is -2.81. The minimum Gasteiger partial charge on any atom is -0.376 e. The summed E-state index contributed by atoms with van der Waals surface area (Å²) in [6.45, 7) is 7.40. The molecule has 2 fully saturated rings. The number of amides is 2. The Morgan fingerprint density at radius 3 is 2.54 bits per heavy atom. The van der Waals surface area contributed by atoms with Gasteiger partial charge in [0.2, 0.25) is 17.6 Å². The number of tetrazole rings is 1. The maximum atomic E-state index is 13.7. The predicted octanol–water partition coefficient (Wildman–Crippen LogP) is 3.13. The zero-order valence-corrected chi connectivity index (χ0v) is 21.2. The quantitative estimate of drug-likeness (QED) is 0.558. The van der Waals surface area contributed by atoms with Gasteiger partial charge in [0.15, 0.2) is 0 Å². The maximum Gasteiger partial charge on any atom is 0.247 e. The molecule has 2 heterocycles. The van der Waals surface area contributed by atoms with Crippen LogP contribution >= 0.6 is 0 Å². The van der Waals surface area contributed by atoms with Gasteiger partial charge in [-0.25, -0.2) is 0 Å². The molecule has 1 saturated carbocycles. The van der Waals surface area contributed by atoms with Crippen LogP contribution in [0.3, 0.4) is 0 Å². The van der Waals surface area contributed by atoms with Crippen LogP contribution < -0.4 is 5.32 Å². The Balaban J connectivity index is 1.50. The summed E-state index contributed by atoms with van der Waals surface area (Å²) in [5, 5.41) is 15.8. The highest BCUT2D eigenvalue weighted by atomic mass is 16.5. The van der Waals surface area contributed by atoms with Gasteiger partial charge in [0, 0.05) is 24.8 Å². The molecule has 1 aromatic heterocycles. The van der Waals surface area contributed by atoms with E-state index < -0.39 is 6.04 Å². The third-order valence-corrected chi connectivity index (χ3v) is 6.91. The van der Waals surface area contributed by atoms with E-state index in [9.17, 15) is 9.59 Å². The number of hydrogen-bond donors (Lipinski definition) is 1. The molecule has 1 N–H and O–H groups in total. The zero-order chi connectivity index (χ0) is 24.8. The standard InChI is InChI=1S/C26H38N6O3/c1-18(2)15-23(26(34)27-16-22-9-6-14-35-22)32(21-7-4-5-8-21)24(33)17-31-29-25(28-30-31)20-12-10-19(3)11-13-20/h10-13,18,21-23H,4-9,14-17H2,1-3H3,(H,27,34)/t22-,23+/m1/s1. The molecule has 4 rings (SSSR count). The van der Waals surface area contributed by atoms with Gasteiger partial charge in [-0.15, -0.1) is 10.2 Å². The van der Waals surface area contributed by atoms with Gasteiger partial charge in [-0.05, 0) is 50.2 Å². The molecule has 0 radical (unpaired) electrons. The van der Waals surface area contributed by atoms with Gasteiger partial charge in [-0.1, -0.05) is 56.5 Å². The van der Waals surface area contributed by atoms with Crippen LogP contribution in [0.2, 0.25) is 0 Å². The lowest BCUT2D eigenvalue weighted by Crippen LogP contribution is -2.55. The number of carbonyl (C=O) groups excluding carboxylic acids is 2. The van der Waals surface area contributed by atoms with E-state index in [1.165, 1.54) is 4.80 Å². The summed E-state index contributed by atoms with van der Waals surface area (Å²) in [7, 11) is 0. The average Bonchev–Trinajstić information content (AvgIpc) is 3.61. The molecule has 2 aliphatic rings. The highest BCUT2D eigenvalue weighted by molar-refractivity contribution is 5.88. The van der Waals surface area contributed by atoms with Gasteiger partial charge in [0.1, 0.15) is 12.6 Å². The van der Waals surface area contributed by atoms with Crippen molar-refractivity contribution in [3.05, 3.63) is 29.8 Å². The van der Waals surface area contributed by atoms with E-state index in [0.717, 1.165) is 56.3 Å². The van der Waals surface area contributed by atoms with E-state index in [-0.39, 0.29) is 36.4 Å². The van der Waals surface area contributed by atoms with Crippen LogP contribution in [-0.2, 0) is 20.9 Å². The largest absolute Gasteiger partial charge is 0.376 e. The number of hydrogen-bond acceptors (Lipinski definition) is 6. The topological polar surface area (TPSA) is 102 Å². The molecule has 2 aromatic rings. The molecule has 9 heteroatoms. The molecule has 190 valence electrons. The van der Waals surface area contributed by atoms with E-state index in [1.807, 2.05) is 36.1 Å². The van der Waals surface area contributed by atoms with Gasteiger partial charge in [0.25, 0.3) is 0 Å². The van der Waals surface area contributed by atoms with Crippen LogP contribution in [0.25, 0.3) is 11.4 Å². The van der Waals surface area contributed by atoms with E-state index in [2.05, 4.69) is 34.6 Å². The van der Waals surface area contributed by atoms with E-state index in [4.69, 9.17) is 4.74 Å². The second-order valence-electron chi connectivity index (χ2n) is 10.3. The molecule has 1 aliphatic carbocycles. The molecule has 1 saturated heterocycles. The van der Waals surface area contributed by atoms with Crippen LogP contribution in [0.4, 0.5) is 0 Å². The summed E-state index contributed by atoms with van der Waals surface area (Å²) in [6, 6.07) is 7.41. The molecule has 9 nitrogen and oxygen atoms in total. The van der Waals surface area contributed by atoms with Crippen molar-refractivity contribution in [2.75, 3.05) is 13.2 Å². The van der Waals surface area contributed by atoms with Crippen LogP contribution in [0.5, 0.6) is 0 Å². The van der Waals surface area contributed by atoms with Gasteiger partial charge in [0.05, 0.1) is 6.10 Å². The van der Waals surface area contributed by atoms with Crippen molar-refractivity contribution >= 4 is 11.8 Å². The second-order valence-corrected chi connectivity index (χ2v) is 10.3. The number of nitrogens with one attached hydrogen (secondary N) is 1. The highest BCUT2D eigenvalue weighted by Crippen LogP contribution is 2.28. The Kier molecular flexibility index (Phi) is 8.49. The molecule has 1 aliphatic heterocycles. The first-order valence-corrected chi connectivity index (χ1v) is 13.0. The lowest BCUT2D eigenvalue weighted by atomic mass is 9.99.